The van der Waals surface area contributed by atoms with Crippen molar-refractivity contribution < 1.29 is 14.3 Å². The highest BCUT2D eigenvalue weighted by atomic mass is 16.7. The third-order valence-corrected chi connectivity index (χ3v) is 5.45. The van der Waals surface area contributed by atoms with Crippen LogP contribution in [0.1, 0.15) is 22.7 Å². The summed E-state index contributed by atoms with van der Waals surface area (Å²) in [5.41, 5.74) is 3.36. The van der Waals surface area contributed by atoms with Crippen LogP contribution in [0, 0.1) is 0 Å². The van der Waals surface area contributed by atoms with Crippen LogP contribution in [0.4, 0.5) is 0 Å². The molecule has 0 aromatic heterocycles. The second kappa shape index (κ2) is 7.60. The molecule has 0 radical (unpaired) electrons. The average molecular weight is 386 g/mol. The van der Waals surface area contributed by atoms with E-state index in [4.69, 9.17) is 9.47 Å². The smallest absolute Gasteiger partial charge is 0.239 e. The SMILES string of the molecule is O=C(NCc1ccccc1)[C@H]1[C@@H](c2ccc3c(c2)OCO3)N1Cc1ccccc1. The van der Waals surface area contributed by atoms with E-state index in [-0.39, 0.29) is 24.8 Å². The molecule has 1 saturated heterocycles. The van der Waals surface area contributed by atoms with Crippen molar-refractivity contribution in [3.05, 3.63) is 95.6 Å². The van der Waals surface area contributed by atoms with Gasteiger partial charge in [-0.25, -0.2) is 0 Å². The maximum Gasteiger partial charge on any atom is 0.239 e. The lowest BCUT2D eigenvalue weighted by molar-refractivity contribution is -0.121. The van der Waals surface area contributed by atoms with Gasteiger partial charge in [0.05, 0.1) is 6.04 Å². The van der Waals surface area contributed by atoms with Crippen molar-refractivity contribution in [2.24, 2.45) is 0 Å². The molecule has 29 heavy (non-hydrogen) atoms. The van der Waals surface area contributed by atoms with Gasteiger partial charge in [0, 0.05) is 13.1 Å². The first-order chi connectivity index (χ1) is 14.3. The van der Waals surface area contributed by atoms with Gasteiger partial charge in [-0.05, 0) is 28.8 Å². The van der Waals surface area contributed by atoms with E-state index in [1.807, 2.05) is 66.7 Å². The van der Waals surface area contributed by atoms with Crippen LogP contribution >= 0.6 is 0 Å². The Morgan fingerprint density at radius 3 is 2.34 bits per heavy atom. The second-order valence-electron chi connectivity index (χ2n) is 7.36. The molecule has 1 unspecified atom stereocenters. The molecule has 0 saturated carbocycles. The number of rotatable bonds is 6. The highest BCUT2D eigenvalue weighted by Gasteiger charge is 2.53. The van der Waals surface area contributed by atoms with Crippen molar-refractivity contribution in [2.45, 2.75) is 25.2 Å². The molecular formula is C24H22N2O3. The van der Waals surface area contributed by atoms with Gasteiger partial charge < -0.3 is 14.8 Å². The van der Waals surface area contributed by atoms with Crippen molar-refractivity contribution in [1.82, 2.24) is 10.2 Å². The van der Waals surface area contributed by atoms with Gasteiger partial charge in [-0.3, -0.25) is 9.69 Å². The predicted molar refractivity (Wildman–Crippen MR) is 109 cm³/mol. The normalized spacial score (nSPS) is 21.6. The Morgan fingerprint density at radius 1 is 0.897 bits per heavy atom. The summed E-state index contributed by atoms with van der Waals surface area (Å²) in [4.78, 5) is 15.2. The van der Waals surface area contributed by atoms with E-state index in [9.17, 15) is 4.79 Å². The molecule has 0 bridgehead atoms. The minimum atomic E-state index is -0.195. The number of nitrogens with zero attached hydrogens (tertiary/aromatic N) is 1. The molecule has 2 aliphatic heterocycles. The van der Waals surface area contributed by atoms with Gasteiger partial charge in [-0.1, -0.05) is 66.7 Å². The largest absolute Gasteiger partial charge is 0.454 e. The lowest BCUT2D eigenvalue weighted by Gasteiger charge is -2.06. The maximum atomic E-state index is 13.0. The fourth-order valence-corrected chi connectivity index (χ4v) is 3.92. The standard InChI is InChI=1S/C24H22N2O3/c27-24(25-14-17-7-3-1-4-8-17)23-22(26(23)15-18-9-5-2-6-10-18)19-11-12-20-21(13-19)29-16-28-20/h1-13,22-23H,14-16H2,(H,25,27)/t22-,23-,26?/m1/s1. The first-order valence-corrected chi connectivity index (χ1v) is 9.80. The first kappa shape index (κ1) is 17.8. The van der Waals surface area contributed by atoms with E-state index >= 15 is 0 Å². The second-order valence-corrected chi connectivity index (χ2v) is 7.36. The molecule has 2 heterocycles. The van der Waals surface area contributed by atoms with Crippen molar-refractivity contribution in [3.8, 4) is 11.5 Å². The molecule has 2 aliphatic rings. The molecule has 5 rings (SSSR count). The zero-order valence-corrected chi connectivity index (χ0v) is 16.0. The fourth-order valence-electron chi connectivity index (χ4n) is 3.92. The number of nitrogens with one attached hydrogen (secondary N) is 1. The summed E-state index contributed by atoms with van der Waals surface area (Å²) in [5.74, 6) is 1.55. The molecule has 3 aromatic rings. The summed E-state index contributed by atoms with van der Waals surface area (Å²) in [7, 11) is 0. The Labute approximate surface area is 169 Å². The summed E-state index contributed by atoms with van der Waals surface area (Å²) < 4.78 is 11.0. The summed E-state index contributed by atoms with van der Waals surface area (Å²) in [6.07, 6.45) is 0. The van der Waals surface area contributed by atoms with Crippen molar-refractivity contribution in [2.75, 3.05) is 6.79 Å². The van der Waals surface area contributed by atoms with Crippen LogP contribution in [0.3, 0.4) is 0 Å². The van der Waals surface area contributed by atoms with Gasteiger partial charge in [0.1, 0.15) is 6.04 Å². The number of benzene rings is 3. The van der Waals surface area contributed by atoms with Gasteiger partial charge in [0.15, 0.2) is 11.5 Å². The minimum absolute atomic E-state index is 0.0282. The summed E-state index contributed by atoms with van der Waals surface area (Å²) in [6.45, 7) is 1.50. The number of ether oxygens (including phenoxy) is 2. The zero-order valence-electron chi connectivity index (χ0n) is 16.0. The molecule has 1 N–H and O–H groups in total. The monoisotopic (exact) mass is 386 g/mol. The topological polar surface area (TPSA) is 50.6 Å². The average Bonchev–Trinajstić information content (AvgIpc) is 3.27. The van der Waals surface area contributed by atoms with Crippen LogP contribution in [0.2, 0.25) is 0 Å². The van der Waals surface area contributed by atoms with Crippen LogP contribution in [-0.2, 0) is 17.9 Å². The number of carbonyl (C=O) groups excluding carboxylic acids is 1. The van der Waals surface area contributed by atoms with Gasteiger partial charge in [0.2, 0.25) is 12.7 Å². The molecule has 1 amide bonds. The van der Waals surface area contributed by atoms with Crippen LogP contribution < -0.4 is 14.8 Å². The number of amides is 1. The quantitative estimate of drug-likeness (QED) is 0.657. The fraction of sp³-hybridized carbons (Fsp3) is 0.208. The Balaban J connectivity index is 1.34. The van der Waals surface area contributed by atoms with Gasteiger partial charge in [0.25, 0.3) is 0 Å². The Kier molecular flexibility index (Phi) is 4.66. The summed E-state index contributed by atoms with van der Waals surface area (Å²) in [6, 6.07) is 26.0. The molecule has 0 spiro atoms. The van der Waals surface area contributed by atoms with E-state index in [0.29, 0.717) is 6.54 Å². The molecule has 5 heteroatoms. The number of hydrogen-bond acceptors (Lipinski definition) is 4. The highest BCUT2D eigenvalue weighted by Crippen LogP contribution is 2.47. The molecule has 5 nitrogen and oxygen atoms in total. The maximum absolute atomic E-state index is 13.0. The lowest BCUT2D eigenvalue weighted by atomic mass is 10.1. The van der Waals surface area contributed by atoms with Crippen LogP contribution in [0.5, 0.6) is 11.5 Å². The van der Waals surface area contributed by atoms with Crippen LogP contribution in [-0.4, -0.2) is 23.6 Å². The molecule has 146 valence electrons. The van der Waals surface area contributed by atoms with E-state index in [1.165, 1.54) is 5.56 Å². The number of hydrogen-bond donors (Lipinski definition) is 1. The van der Waals surface area contributed by atoms with Crippen LogP contribution in [0.15, 0.2) is 78.9 Å². The highest BCUT2D eigenvalue weighted by molar-refractivity contribution is 5.86. The lowest BCUT2D eigenvalue weighted by Crippen LogP contribution is -2.29. The number of carbonyl (C=O) groups is 1. The van der Waals surface area contributed by atoms with Crippen LogP contribution in [0.25, 0.3) is 0 Å². The van der Waals surface area contributed by atoms with E-state index in [0.717, 1.165) is 29.2 Å². The van der Waals surface area contributed by atoms with Crippen molar-refractivity contribution >= 4 is 5.91 Å². The van der Waals surface area contributed by atoms with E-state index < -0.39 is 0 Å². The van der Waals surface area contributed by atoms with Gasteiger partial charge in [-0.2, -0.15) is 0 Å². The van der Waals surface area contributed by atoms with Gasteiger partial charge >= 0.3 is 0 Å². The predicted octanol–water partition coefficient (Wildman–Crippen LogP) is 3.66. The van der Waals surface area contributed by atoms with E-state index in [1.54, 1.807) is 0 Å². The molecular weight excluding hydrogens is 364 g/mol. The van der Waals surface area contributed by atoms with Gasteiger partial charge in [-0.15, -0.1) is 0 Å². The summed E-state index contributed by atoms with van der Waals surface area (Å²) >= 11 is 0. The van der Waals surface area contributed by atoms with E-state index in [2.05, 4.69) is 22.3 Å². The molecule has 3 atom stereocenters. The Hall–Kier alpha value is -3.31. The Bertz CT molecular complexity index is 1010. The zero-order chi connectivity index (χ0) is 19.6. The molecule has 0 aliphatic carbocycles. The van der Waals surface area contributed by atoms with Crippen molar-refractivity contribution in [1.29, 1.82) is 0 Å². The molecule has 3 aromatic carbocycles. The first-order valence-electron chi connectivity index (χ1n) is 9.80. The third-order valence-electron chi connectivity index (χ3n) is 5.45. The van der Waals surface area contributed by atoms with Crippen molar-refractivity contribution in [3.63, 3.8) is 0 Å². The number of fused-ring (bicyclic) bond motifs is 1. The summed E-state index contributed by atoms with van der Waals surface area (Å²) in [5, 5.41) is 3.09. The molecule has 1 fully saturated rings. The Morgan fingerprint density at radius 2 is 1.59 bits per heavy atom. The third kappa shape index (κ3) is 3.69. The minimum Gasteiger partial charge on any atom is -0.454 e.